The van der Waals surface area contributed by atoms with Crippen LogP contribution in [0.5, 0.6) is 0 Å². The molecule has 5 nitrogen and oxygen atoms in total. The quantitative estimate of drug-likeness (QED) is 0.652. The first-order valence-electron chi connectivity index (χ1n) is 4.58. The number of hydrogen-bond donors (Lipinski definition) is 3. The second-order valence-corrected chi connectivity index (χ2v) is 3.43. The van der Waals surface area contributed by atoms with Crippen LogP contribution in [0.1, 0.15) is 13.8 Å². The topological polar surface area (TPSA) is 84.1 Å². The number of aromatic nitrogens is 2. The summed E-state index contributed by atoms with van der Waals surface area (Å²) in [6.07, 6.45) is 3.09. The zero-order valence-electron chi connectivity index (χ0n) is 8.44. The summed E-state index contributed by atoms with van der Waals surface area (Å²) in [6, 6.07) is 0.128. The van der Waals surface area contributed by atoms with Crippen LogP contribution in [0.3, 0.4) is 0 Å². The number of anilines is 2. The highest BCUT2D eigenvalue weighted by atomic mass is 16.3. The van der Waals surface area contributed by atoms with Crippen LogP contribution < -0.4 is 11.1 Å². The van der Waals surface area contributed by atoms with Crippen LogP contribution in [0.2, 0.25) is 0 Å². The predicted octanol–water partition coefficient (Wildman–Crippen LogP) is 0.488. The number of hydrogen-bond acceptors (Lipinski definition) is 5. The van der Waals surface area contributed by atoms with Crippen molar-refractivity contribution in [1.82, 2.24) is 9.97 Å². The minimum atomic E-state index is 0.128. The van der Waals surface area contributed by atoms with E-state index in [1.807, 2.05) is 13.8 Å². The zero-order chi connectivity index (χ0) is 10.6. The monoisotopic (exact) mass is 196 g/mol. The Kier molecular flexibility index (Phi) is 3.64. The highest BCUT2D eigenvalue weighted by Gasteiger charge is 2.11. The van der Waals surface area contributed by atoms with Gasteiger partial charge in [0.05, 0.1) is 18.1 Å². The normalized spacial score (nSPS) is 14.8. The van der Waals surface area contributed by atoms with Gasteiger partial charge in [-0.3, -0.25) is 0 Å². The SMILES string of the molecule is CC(CO)C(C)Nc1ncc(N)cn1. The second kappa shape index (κ2) is 4.76. The summed E-state index contributed by atoms with van der Waals surface area (Å²) in [5.41, 5.74) is 5.99. The summed E-state index contributed by atoms with van der Waals surface area (Å²) < 4.78 is 0. The van der Waals surface area contributed by atoms with Crippen molar-refractivity contribution in [2.75, 3.05) is 17.7 Å². The molecule has 0 fully saturated rings. The van der Waals surface area contributed by atoms with E-state index in [1.54, 1.807) is 12.4 Å². The third kappa shape index (κ3) is 2.85. The Bertz CT molecular complexity index is 275. The third-order valence-electron chi connectivity index (χ3n) is 2.17. The van der Waals surface area contributed by atoms with Crippen molar-refractivity contribution < 1.29 is 5.11 Å². The maximum atomic E-state index is 8.93. The molecule has 0 aromatic carbocycles. The molecule has 2 atom stereocenters. The fraction of sp³-hybridized carbons (Fsp3) is 0.556. The summed E-state index contributed by atoms with van der Waals surface area (Å²) in [4.78, 5) is 8.01. The Labute approximate surface area is 83.4 Å². The lowest BCUT2D eigenvalue weighted by Gasteiger charge is -2.18. The van der Waals surface area contributed by atoms with Gasteiger partial charge < -0.3 is 16.2 Å². The molecule has 1 aromatic heterocycles. The molecule has 0 saturated heterocycles. The van der Waals surface area contributed by atoms with Crippen LogP contribution in [0.25, 0.3) is 0 Å². The van der Waals surface area contributed by atoms with Crippen molar-refractivity contribution >= 4 is 11.6 Å². The minimum absolute atomic E-state index is 0.128. The van der Waals surface area contributed by atoms with E-state index in [0.717, 1.165) is 0 Å². The standard InChI is InChI=1S/C9H16N4O/c1-6(5-14)7(2)13-9-11-3-8(10)4-12-9/h3-4,6-7,14H,5,10H2,1-2H3,(H,11,12,13). The number of nitrogens with one attached hydrogen (secondary N) is 1. The summed E-state index contributed by atoms with van der Waals surface area (Å²) in [6.45, 7) is 4.07. The van der Waals surface area contributed by atoms with E-state index < -0.39 is 0 Å². The average molecular weight is 196 g/mol. The van der Waals surface area contributed by atoms with E-state index in [-0.39, 0.29) is 18.6 Å². The molecule has 5 heteroatoms. The van der Waals surface area contributed by atoms with E-state index >= 15 is 0 Å². The Morgan fingerprint density at radius 1 is 1.43 bits per heavy atom. The molecule has 0 aliphatic carbocycles. The van der Waals surface area contributed by atoms with E-state index in [0.29, 0.717) is 11.6 Å². The van der Waals surface area contributed by atoms with Gasteiger partial charge in [0.1, 0.15) is 0 Å². The highest BCUT2D eigenvalue weighted by Crippen LogP contribution is 2.08. The van der Waals surface area contributed by atoms with E-state index in [4.69, 9.17) is 10.8 Å². The fourth-order valence-corrected chi connectivity index (χ4v) is 0.917. The molecule has 0 amide bonds. The van der Waals surface area contributed by atoms with Crippen molar-refractivity contribution in [3.63, 3.8) is 0 Å². The van der Waals surface area contributed by atoms with E-state index in [1.165, 1.54) is 0 Å². The zero-order valence-corrected chi connectivity index (χ0v) is 8.44. The molecular formula is C9H16N4O. The summed E-state index contributed by atoms with van der Waals surface area (Å²) in [5.74, 6) is 0.697. The second-order valence-electron chi connectivity index (χ2n) is 3.43. The van der Waals surface area contributed by atoms with Crippen LogP contribution in [0, 0.1) is 5.92 Å². The Morgan fingerprint density at radius 2 is 2.00 bits per heavy atom. The van der Waals surface area contributed by atoms with Crippen molar-refractivity contribution in [3.05, 3.63) is 12.4 Å². The summed E-state index contributed by atoms with van der Waals surface area (Å²) in [7, 11) is 0. The van der Waals surface area contributed by atoms with Crippen LogP contribution in [0.4, 0.5) is 11.6 Å². The molecule has 1 rings (SSSR count). The molecule has 4 N–H and O–H groups in total. The maximum Gasteiger partial charge on any atom is 0.222 e. The van der Waals surface area contributed by atoms with E-state index in [2.05, 4.69) is 15.3 Å². The first-order chi connectivity index (χ1) is 6.63. The van der Waals surface area contributed by atoms with Gasteiger partial charge in [0, 0.05) is 12.6 Å². The number of aliphatic hydroxyl groups is 1. The highest BCUT2D eigenvalue weighted by molar-refractivity contribution is 5.36. The lowest BCUT2D eigenvalue weighted by atomic mass is 10.1. The molecular weight excluding hydrogens is 180 g/mol. The maximum absolute atomic E-state index is 8.93. The largest absolute Gasteiger partial charge is 0.396 e. The van der Waals surface area contributed by atoms with Gasteiger partial charge in [0.15, 0.2) is 0 Å². The van der Waals surface area contributed by atoms with Gasteiger partial charge in [-0.05, 0) is 12.8 Å². The first kappa shape index (κ1) is 10.7. The molecule has 0 bridgehead atoms. The van der Waals surface area contributed by atoms with Gasteiger partial charge in [0.2, 0.25) is 5.95 Å². The summed E-state index contributed by atoms with van der Waals surface area (Å²) in [5, 5.41) is 12.0. The Hall–Kier alpha value is -1.36. The van der Waals surface area contributed by atoms with Crippen molar-refractivity contribution in [3.8, 4) is 0 Å². The van der Waals surface area contributed by atoms with Gasteiger partial charge in [0.25, 0.3) is 0 Å². The predicted molar refractivity (Wildman–Crippen MR) is 55.8 cm³/mol. The van der Waals surface area contributed by atoms with Crippen LogP contribution >= 0.6 is 0 Å². The van der Waals surface area contributed by atoms with Gasteiger partial charge in [-0.1, -0.05) is 6.92 Å². The van der Waals surface area contributed by atoms with Gasteiger partial charge >= 0.3 is 0 Å². The third-order valence-corrected chi connectivity index (χ3v) is 2.17. The molecule has 0 saturated carbocycles. The fourth-order valence-electron chi connectivity index (χ4n) is 0.917. The molecule has 78 valence electrons. The number of nitrogens with zero attached hydrogens (tertiary/aromatic N) is 2. The lowest BCUT2D eigenvalue weighted by molar-refractivity contribution is 0.226. The molecule has 1 aromatic rings. The molecule has 1 heterocycles. The van der Waals surface area contributed by atoms with Crippen molar-refractivity contribution in [1.29, 1.82) is 0 Å². The van der Waals surface area contributed by atoms with Crippen LogP contribution in [-0.2, 0) is 0 Å². The first-order valence-corrected chi connectivity index (χ1v) is 4.58. The number of nitrogens with two attached hydrogens (primary N) is 1. The summed E-state index contributed by atoms with van der Waals surface area (Å²) >= 11 is 0. The average Bonchev–Trinajstić information content (AvgIpc) is 2.20. The number of rotatable bonds is 4. The van der Waals surface area contributed by atoms with E-state index in [9.17, 15) is 0 Å². The van der Waals surface area contributed by atoms with Crippen LogP contribution in [0.15, 0.2) is 12.4 Å². The molecule has 0 aliphatic heterocycles. The van der Waals surface area contributed by atoms with Crippen LogP contribution in [-0.4, -0.2) is 27.7 Å². The van der Waals surface area contributed by atoms with Gasteiger partial charge in [-0.2, -0.15) is 0 Å². The smallest absolute Gasteiger partial charge is 0.222 e. The Balaban J connectivity index is 2.56. The number of aliphatic hydroxyl groups excluding tert-OH is 1. The Morgan fingerprint density at radius 3 is 2.50 bits per heavy atom. The molecule has 0 spiro atoms. The van der Waals surface area contributed by atoms with Crippen molar-refractivity contribution in [2.45, 2.75) is 19.9 Å². The number of nitrogen functional groups attached to an aromatic ring is 1. The minimum Gasteiger partial charge on any atom is -0.396 e. The van der Waals surface area contributed by atoms with Crippen molar-refractivity contribution in [2.24, 2.45) is 5.92 Å². The lowest BCUT2D eigenvalue weighted by Crippen LogP contribution is -2.27. The van der Waals surface area contributed by atoms with Gasteiger partial charge in [-0.15, -0.1) is 0 Å². The molecule has 14 heavy (non-hydrogen) atoms. The molecule has 0 radical (unpaired) electrons. The molecule has 2 unspecified atom stereocenters. The molecule has 0 aliphatic rings. The van der Waals surface area contributed by atoms with Gasteiger partial charge in [-0.25, -0.2) is 9.97 Å².